The number of sulfone groups is 1. The van der Waals surface area contributed by atoms with Crippen molar-refractivity contribution in [3.8, 4) is 0 Å². The predicted octanol–water partition coefficient (Wildman–Crippen LogP) is 0.479. The van der Waals surface area contributed by atoms with Crippen molar-refractivity contribution in [3.05, 3.63) is 0 Å². The maximum atomic E-state index is 12.5. The van der Waals surface area contributed by atoms with Crippen LogP contribution in [0.15, 0.2) is 4.99 Å². The summed E-state index contributed by atoms with van der Waals surface area (Å²) >= 11 is 0. The van der Waals surface area contributed by atoms with Crippen LogP contribution >= 0.6 is 24.0 Å². The average Bonchev–Trinajstić information content (AvgIpc) is 3.01. The summed E-state index contributed by atoms with van der Waals surface area (Å²) in [5.74, 6) is 0.802. The summed E-state index contributed by atoms with van der Waals surface area (Å²) in [4.78, 5) is 18.4. The van der Waals surface area contributed by atoms with E-state index in [4.69, 9.17) is 4.74 Å². The Morgan fingerprint density at radius 3 is 2.31 bits per heavy atom. The third kappa shape index (κ3) is 8.85. The van der Waals surface area contributed by atoms with E-state index in [2.05, 4.69) is 15.6 Å². The van der Waals surface area contributed by atoms with Crippen molar-refractivity contribution in [1.82, 2.24) is 15.5 Å². The molecule has 1 saturated carbocycles. The molecule has 2 N–H and O–H groups in total. The summed E-state index contributed by atoms with van der Waals surface area (Å²) in [6.07, 6.45) is 5.11. The Morgan fingerprint density at radius 1 is 1.19 bits per heavy atom. The number of carbonyl (C=O) groups excluding carboxylic acids is 1. The number of carbonyl (C=O) groups is 1. The van der Waals surface area contributed by atoms with Crippen molar-refractivity contribution >= 4 is 45.7 Å². The summed E-state index contributed by atoms with van der Waals surface area (Å²) < 4.78 is 27.3. The number of ether oxygens (including phenoxy) is 1. The second-order valence-electron chi connectivity index (χ2n) is 6.78. The molecule has 10 heteroatoms. The van der Waals surface area contributed by atoms with Crippen molar-refractivity contribution < 1.29 is 17.9 Å². The van der Waals surface area contributed by atoms with Gasteiger partial charge < -0.3 is 20.3 Å². The van der Waals surface area contributed by atoms with Gasteiger partial charge in [-0.1, -0.05) is 12.8 Å². The van der Waals surface area contributed by atoms with Crippen LogP contribution in [-0.2, 0) is 19.4 Å². The SMILES string of the molecule is CN=C(NCCOCCS(C)(=O)=O)NCC1(C(=O)N(C)C)CCCC1.I. The maximum Gasteiger partial charge on any atom is 0.230 e. The number of aliphatic imine (C=N–C) groups is 1. The fourth-order valence-electron chi connectivity index (χ4n) is 3.02. The molecule has 26 heavy (non-hydrogen) atoms. The van der Waals surface area contributed by atoms with Crippen LogP contribution in [0.5, 0.6) is 0 Å². The summed E-state index contributed by atoms with van der Waals surface area (Å²) in [5, 5.41) is 6.36. The second kappa shape index (κ2) is 12.0. The van der Waals surface area contributed by atoms with Gasteiger partial charge in [0, 0.05) is 40.5 Å². The third-order valence-corrected chi connectivity index (χ3v) is 5.28. The Bertz CT molecular complexity index is 561. The maximum absolute atomic E-state index is 12.5. The highest BCUT2D eigenvalue weighted by molar-refractivity contribution is 14.0. The molecule has 0 saturated heterocycles. The number of nitrogens with one attached hydrogen (secondary N) is 2. The molecule has 1 amide bonds. The van der Waals surface area contributed by atoms with E-state index < -0.39 is 9.84 Å². The standard InChI is InChI=1S/C16H32N4O4S.HI/c1-17-15(18-9-10-24-11-12-25(4,22)23)19-13-16(7-5-6-8-16)14(21)20(2)3;/h5-13H2,1-4H3,(H2,17,18,19);1H. The lowest BCUT2D eigenvalue weighted by Gasteiger charge is -2.31. The van der Waals surface area contributed by atoms with Gasteiger partial charge in [-0.05, 0) is 12.8 Å². The monoisotopic (exact) mass is 504 g/mol. The van der Waals surface area contributed by atoms with Crippen molar-refractivity contribution in [2.24, 2.45) is 10.4 Å². The van der Waals surface area contributed by atoms with Gasteiger partial charge in [-0.3, -0.25) is 9.79 Å². The van der Waals surface area contributed by atoms with Gasteiger partial charge in [0.2, 0.25) is 5.91 Å². The van der Waals surface area contributed by atoms with Crippen LogP contribution < -0.4 is 10.6 Å². The highest BCUT2D eigenvalue weighted by Crippen LogP contribution is 2.38. The first-order valence-electron chi connectivity index (χ1n) is 8.62. The number of guanidine groups is 1. The van der Waals surface area contributed by atoms with Crippen molar-refractivity contribution in [2.75, 3.05) is 59.5 Å². The summed E-state index contributed by atoms with van der Waals surface area (Å²) in [7, 11) is 2.28. The molecular weight excluding hydrogens is 471 g/mol. The highest BCUT2D eigenvalue weighted by Gasteiger charge is 2.42. The molecule has 0 spiro atoms. The second-order valence-corrected chi connectivity index (χ2v) is 9.04. The van der Waals surface area contributed by atoms with Crippen LogP contribution in [-0.4, -0.2) is 84.6 Å². The van der Waals surface area contributed by atoms with Crippen LogP contribution in [0.25, 0.3) is 0 Å². The van der Waals surface area contributed by atoms with E-state index in [1.54, 1.807) is 26.0 Å². The minimum atomic E-state index is -2.99. The molecule has 8 nitrogen and oxygen atoms in total. The van der Waals surface area contributed by atoms with Crippen molar-refractivity contribution in [2.45, 2.75) is 25.7 Å². The number of amides is 1. The van der Waals surface area contributed by atoms with E-state index in [-0.39, 0.29) is 47.7 Å². The van der Waals surface area contributed by atoms with Gasteiger partial charge in [0.1, 0.15) is 9.84 Å². The molecule has 1 rings (SSSR count). The van der Waals surface area contributed by atoms with E-state index in [1.807, 2.05) is 0 Å². The Kier molecular flexibility index (Phi) is 11.7. The normalized spacial score (nSPS) is 16.7. The van der Waals surface area contributed by atoms with Crippen LogP contribution in [0.2, 0.25) is 0 Å². The van der Waals surface area contributed by atoms with Crippen molar-refractivity contribution in [3.63, 3.8) is 0 Å². The molecule has 1 aliphatic carbocycles. The van der Waals surface area contributed by atoms with E-state index in [0.29, 0.717) is 25.7 Å². The lowest BCUT2D eigenvalue weighted by Crippen LogP contribution is -2.49. The Hall–Kier alpha value is -0.620. The molecule has 0 aromatic rings. The zero-order valence-electron chi connectivity index (χ0n) is 16.2. The first-order valence-corrected chi connectivity index (χ1v) is 10.7. The van der Waals surface area contributed by atoms with Gasteiger partial charge in [0.05, 0.1) is 24.4 Å². The zero-order valence-corrected chi connectivity index (χ0v) is 19.4. The smallest absolute Gasteiger partial charge is 0.230 e. The molecular formula is C16H33IN4O4S. The van der Waals surface area contributed by atoms with Gasteiger partial charge in [0.25, 0.3) is 0 Å². The predicted molar refractivity (Wildman–Crippen MR) is 115 cm³/mol. The summed E-state index contributed by atoms with van der Waals surface area (Å²) in [5.41, 5.74) is -0.354. The topological polar surface area (TPSA) is 100 Å². The number of halogens is 1. The molecule has 0 atom stereocenters. The number of rotatable bonds is 9. The zero-order chi connectivity index (χ0) is 18.9. The van der Waals surface area contributed by atoms with E-state index in [9.17, 15) is 13.2 Å². The first kappa shape index (κ1) is 25.4. The van der Waals surface area contributed by atoms with Gasteiger partial charge in [-0.2, -0.15) is 0 Å². The quantitative estimate of drug-likeness (QED) is 0.205. The highest BCUT2D eigenvalue weighted by atomic mass is 127. The lowest BCUT2D eigenvalue weighted by molar-refractivity contribution is -0.138. The number of hydrogen-bond donors (Lipinski definition) is 2. The Morgan fingerprint density at radius 2 is 1.81 bits per heavy atom. The van der Waals surface area contributed by atoms with E-state index in [0.717, 1.165) is 25.7 Å². The van der Waals surface area contributed by atoms with Crippen LogP contribution in [0.4, 0.5) is 0 Å². The molecule has 0 unspecified atom stereocenters. The molecule has 154 valence electrons. The number of hydrogen-bond acceptors (Lipinski definition) is 5. The molecule has 1 fully saturated rings. The molecule has 0 aromatic carbocycles. The Balaban J connectivity index is 0.00000625. The lowest BCUT2D eigenvalue weighted by atomic mass is 9.84. The Labute approximate surface area is 174 Å². The van der Waals surface area contributed by atoms with E-state index >= 15 is 0 Å². The summed E-state index contributed by atoms with van der Waals surface area (Å²) in [6.45, 7) is 1.64. The summed E-state index contributed by atoms with van der Waals surface area (Å²) in [6, 6.07) is 0. The number of nitrogens with zero attached hydrogens (tertiary/aromatic N) is 2. The molecule has 0 heterocycles. The van der Waals surface area contributed by atoms with Crippen LogP contribution in [0.1, 0.15) is 25.7 Å². The molecule has 0 radical (unpaired) electrons. The van der Waals surface area contributed by atoms with Gasteiger partial charge >= 0.3 is 0 Å². The van der Waals surface area contributed by atoms with Gasteiger partial charge in [-0.25, -0.2) is 8.42 Å². The van der Waals surface area contributed by atoms with Gasteiger partial charge in [-0.15, -0.1) is 24.0 Å². The fraction of sp³-hybridized carbons (Fsp3) is 0.875. The van der Waals surface area contributed by atoms with Crippen molar-refractivity contribution in [1.29, 1.82) is 0 Å². The minimum absolute atomic E-state index is 0. The molecule has 0 bridgehead atoms. The van der Waals surface area contributed by atoms with Crippen LogP contribution in [0, 0.1) is 5.41 Å². The average molecular weight is 504 g/mol. The third-order valence-electron chi connectivity index (χ3n) is 4.38. The minimum Gasteiger partial charge on any atom is -0.379 e. The largest absolute Gasteiger partial charge is 0.379 e. The van der Waals surface area contributed by atoms with E-state index in [1.165, 1.54) is 6.26 Å². The van der Waals surface area contributed by atoms with Crippen LogP contribution in [0.3, 0.4) is 0 Å². The molecule has 0 aromatic heterocycles. The molecule has 1 aliphatic rings. The fourth-order valence-corrected chi connectivity index (χ4v) is 3.44. The molecule has 0 aliphatic heterocycles. The van der Waals surface area contributed by atoms with Gasteiger partial charge in [0.15, 0.2) is 5.96 Å². The first-order chi connectivity index (χ1) is 11.7.